The van der Waals surface area contributed by atoms with E-state index in [0.29, 0.717) is 12.3 Å². The van der Waals surface area contributed by atoms with E-state index in [1.54, 1.807) is 12.1 Å². The highest BCUT2D eigenvalue weighted by Gasteiger charge is 2.26. The number of nitrogen functional groups attached to an aromatic ring is 1. The van der Waals surface area contributed by atoms with Crippen molar-refractivity contribution in [1.82, 2.24) is 0 Å². The Kier molecular flexibility index (Phi) is 3.93. The first kappa shape index (κ1) is 12.6. The zero-order valence-electron chi connectivity index (χ0n) is 10.1. The van der Waals surface area contributed by atoms with Crippen molar-refractivity contribution in [3.8, 4) is 0 Å². The van der Waals surface area contributed by atoms with Crippen LogP contribution in [0, 0.1) is 5.41 Å². The lowest BCUT2D eigenvalue weighted by atomic mass is 9.91. The molecule has 0 aliphatic carbocycles. The van der Waals surface area contributed by atoms with Crippen LogP contribution in [0.5, 0.6) is 0 Å². The van der Waals surface area contributed by atoms with E-state index >= 15 is 0 Å². The molecule has 0 atom stereocenters. The van der Waals surface area contributed by atoms with Crippen molar-refractivity contribution in [3.63, 3.8) is 0 Å². The molecule has 3 heteroatoms. The third-order valence-corrected chi connectivity index (χ3v) is 2.79. The van der Waals surface area contributed by atoms with Crippen LogP contribution >= 0.6 is 0 Å². The van der Waals surface area contributed by atoms with Crippen LogP contribution in [0.3, 0.4) is 0 Å². The van der Waals surface area contributed by atoms with Gasteiger partial charge in [-0.25, -0.2) is 0 Å². The molecule has 1 rings (SSSR count). The van der Waals surface area contributed by atoms with Crippen LogP contribution in [-0.2, 0) is 16.1 Å². The molecule has 1 aromatic rings. The molecule has 0 aliphatic rings. The molecule has 3 nitrogen and oxygen atoms in total. The van der Waals surface area contributed by atoms with Crippen molar-refractivity contribution >= 4 is 11.7 Å². The lowest BCUT2D eigenvalue weighted by Crippen LogP contribution is -2.25. The molecular weight excluding hydrogens is 202 g/mol. The Bertz CT molecular complexity index is 355. The van der Waals surface area contributed by atoms with Gasteiger partial charge < -0.3 is 10.5 Å². The minimum absolute atomic E-state index is 0.160. The van der Waals surface area contributed by atoms with Gasteiger partial charge in [-0.15, -0.1) is 0 Å². The number of esters is 1. The highest BCUT2D eigenvalue weighted by atomic mass is 16.5. The highest BCUT2D eigenvalue weighted by molar-refractivity contribution is 5.75. The maximum absolute atomic E-state index is 11.7. The Balaban J connectivity index is 2.52. The number of hydrogen-bond acceptors (Lipinski definition) is 3. The minimum atomic E-state index is -0.409. The quantitative estimate of drug-likeness (QED) is 0.628. The Morgan fingerprint density at radius 2 is 1.88 bits per heavy atom. The summed E-state index contributed by atoms with van der Waals surface area (Å²) in [7, 11) is 0. The molecule has 0 spiro atoms. The van der Waals surface area contributed by atoms with Gasteiger partial charge in [-0.2, -0.15) is 0 Å². The Morgan fingerprint density at radius 1 is 1.31 bits per heavy atom. The van der Waals surface area contributed by atoms with Crippen LogP contribution in [-0.4, -0.2) is 5.97 Å². The molecule has 0 bridgehead atoms. The summed E-state index contributed by atoms with van der Waals surface area (Å²) >= 11 is 0. The van der Waals surface area contributed by atoms with Gasteiger partial charge in [0, 0.05) is 5.69 Å². The fourth-order valence-corrected chi connectivity index (χ4v) is 1.10. The number of nitrogens with two attached hydrogens (primary N) is 1. The van der Waals surface area contributed by atoms with Gasteiger partial charge in [0.15, 0.2) is 0 Å². The summed E-state index contributed by atoms with van der Waals surface area (Å²) in [5, 5.41) is 0. The van der Waals surface area contributed by atoms with Gasteiger partial charge in [0.25, 0.3) is 0 Å². The van der Waals surface area contributed by atoms with Gasteiger partial charge in [0.1, 0.15) is 6.61 Å². The molecular formula is C13H19NO2. The lowest BCUT2D eigenvalue weighted by Gasteiger charge is -2.20. The van der Waals surface area contributed by atoms with Crippen LogP contribution in [0.25, 0.3) is 0 Å². The Morgan fingerprint density at radius 3 is 2.38 bits per heavy atom. The molecule has 0 unspecified atom stereocenters. The maximum atomic E-state index is 11.7. The molecule has 0 fully saturated rings. The summed E-state index contributed by atoms with van der Waals surface area (Å²) in [6, 6.07) is 7.32. The first-order valence-corrected chi connectivity index (χ1v) is 5.47. The smallest absolute Gasteiger partial charge is 0.311 e. The monoisotopic (exact) mass is 221 g/mol. The van der Waals surface area contributed by atoms with Gasteiger partial charge in [-0.3, -0.25) is 4.79 Å². The number of carbonyl (C=O) groups is 1. The van der Waals surface area contributed by atoms with Crippen molar-refractivity contribution in [2.24, 2.45) is 5.41 Å². The summed E-state index contributed by atoms with van der Waals surface area (Å²) in [5.74, 6) is -0.160. The van der Waals surface area contributed by atoms with Crippen molar-refractivity contribution in [3.05, 3.63) is 29.8 Å². The van der Waals surface area contributed by atoms with E-state index in [2.05, 4.69) is 0 Å². The maximum Gasteiger partial charge on any atom is 0.311 e. The highest BCUT2D eigenvalue weighted by Crippen LogP contribution is 2.22. The van der Waals surface area contributed by atoms with Crippen molar-refractivity contribution in [2.75, 3.05) is 5.73 Å². The summed E-state index contributed by atoms with van der Waals surface area (Å²) in [6.45, 7) is 6.06. The Labute approximate surface area is 96.6 Å². The number of ether oxygens (including phenoxy) is 1. The second-order valence-electron chi connectivity index (χ2n) is 4.56. The van der Waals surface area contributed by atoms with Crippen molar-refractivity contribution in [2.45, 2.75) is 33.8 Å². The molecule has 2 N–H and O–H groups in total. The topological polar surface area (TPSA) is 52.3 Å². The van der Waals surface area contributed by atoms with Gasteiger partial charge in [0.2, 0.25) is 0 Å². The van der Waals surface area contributed by atoms with E-state index < -0.39 is 5.41 Å². The number of benzene rings is 1. The van der Waals surface area contributed by atoms with Gasteiger partial charge >= 0.3 is 5.97 Å². The molecule has 0 aromatic heterocycles. The largest absolute Gasteiger partial charge is 0.460 e. The molecule has 16 heavy (non-hydrogen) atoms. The van der Waals surface area contributed by atoms with E-state index in [9.17, 15) is 4.79 Å². The fourth-order valence-electron chi connectivity index (χ4n) is 1.10. The average Bonchev–Trinajstić information content (AvgIpc) is 2.28. The van der Waals surface area contributed by atoms with Crippen molar-refractivity contribution < 1.29 is 9.53 Å². The van der Waals surface area contributed by atoms with Gasteiger partial charge in [0.05, 0.1) is 5.41 Å². The summed E-state index contributed by atoms with van der Waals surface area (Å²) in [5.41, 5.74) is 6.82. The molecule has 0 radical (unpaired) electrons. The van der Waals surface area contributed by atoms with Crippen LogP contribution in [0.15, 0.2) is 24.3 Å². The zero-order valence-corrected chi connectivity index (χ0v) is 10.1. The summed E-state index contributed by atoms with van der Waals surface area (Å²) < 4.78 is 5.24. The van der Waals surface area contributed by atoms with Crippen LogP contribution in [0.2, 0.25) is 0 Å². The lowest BCUT2D eigenvalue weighted by molar-refractivity contribution is -0.155. The Hall–Kier alpha value is -1.51. The van der Waals surface area contributed by atoms with E-state index in [4.69, 9.17) is 10.5 Å². The molecule has 0 saturated heterocycles. The SMILES string of the molecule is CCC(C)(C)C(=O)OCc1ccc(N)cc1. The predicted octanol–water partition coefficient (Wildman–Crippen LogP) is 2.75. The zero-order chi connectivity index (χ0) is 12.2. The standard InChI is InChI=1S/C13H19NO2/c1-4-13(2,3)12(15)16-9-10-5-7-11(14)8-6-10/h5-8H,4,9,14H2,1-3H3. The second-order valence-corrected chi connectivity index (χ2v) is 4.56. The van der Waals surface area contributed by atoms with Crippen molar-refractivity contribution in [1.29, 1.82) is 0 Å². The van der Waals surface area contributed by atoms with E-state index in [-0.39, 0.29) is 5.97 Å². The first-order valence-electron chi connectivity index (χ1n) is 5.47. The molecule has 0 amide bonds. The van der Waals surface area contributed by atoms with Gasteiger partial charge in [-0.1, -0.05) is 19.1 Å². The average molecular weight is 221 g/mol. The third kappa shape index (κ3) is 3.26. The number of rotatable bonds is 4. The van der Waals surface area contributed by atoms with E-state index in [1.165, 1.54) is 0 Å². The van der Waals surface area contributed by atoms with Gasteiger partial charge in [-0.05, 0) is 38.0 Å². The fraction of sp³-hybridized carbons (Fsp3) is 0.462. The normalized spacial score (nSPS) is 11.2. The molecule has 88 valence electrons. The number of anilines is 1. The first-order chi connectivity index (χ1) is 7.45. The molecule has 0 saturated carbocycles. The second kappa shape index (κ2) is 5.01. The van der Waals surface area contributed by atoms with E-state index in [0.717, 1.165) is 12.0 Å². The molecule has 1 aromatic carbocycles. The summed E-state index contributed by atoms with van der Waals surface area (Å²) in [4.78, 5) is 11.7. The number of carbonyl (C=O) groups excluding carboxylic acids is 1. The van der Waals surface area contributed by atoms with Crippen LogP contribution in [0.4, 0.5) is 5.69 Å². The molecule has 0 heterocycles. The third-order valence-electron chi connectivity index (χ3n) is 2.79. The molecule has 0 aliphatic heterocycles. The van der Waals surface area contributed by atoms with E-state index in [1.807, 2.05) is 32.9 Å². The minimum Gasteiger partial charge on any atom is -0.460 e. The van der Waals surface area contributed by atoms with Crippen LogP contribution in [0.1, 0.15) is 32.8 Å². The predicted molar refractivity (Wildman–Crippen MR) is 64.7 cm³/mol. The van der Waals surface area contributed by atoms with Crippen LogP contribution < -0.4 is 5.73 Å². The number of hydrogen-bond donors (Lipinski definition) is 1. The summed E-state index contributed by atoms with van der Waals surface area (Å²) in [6.07, 6.45) is 0.771.